The molecule has 1 fully saturated rings. The number of pyridine rings is 3. The van der Waals surface area contributed by atoms with Crippen LogP contribution in [0.25, 0.3) is 32.9 Å². The van der Waals surface area contributed by atoms with Gasteiger partial charge in [0.25, 0.3) is 11.8 Å². The van der Waals surface area contributed by atoms with Crippen molar-refractivity contribution in [2.45, 2.75) is 25.8 Å². The number of nitrogens with two attached hydrogens (primary N) is 1. The molecule has 5 heterocycles. The maximum atomic E-state index is 14.1. The van der Waals surface area contributed by atoms with Crippen LogP contribution >= 0.6 is 0 Å². The topological polar surface area (TPSA) is 152 Å². The number of nitrogens with zero attached hydrogens (tertiary/aromatic N) is 7. The molecule has 0 saturated carbocycles. The highest BCUT2D eigenvalue weighted by atomic mass is 16.2. The smallest absolute Gasteiger partial charge is 0.272 e. The number of fused-ring (bicyclic) bond motifs is 3. The Morgan fingerprint density at radius 3 is 2.48 bits per heavy atom. The van der Waals surface area contributed by atoms with E-state index >= 15 is 0 Å². The Bertz CT molecular complexity index is 1830. The van der Waals surface area contributed by atoms with Gasteiger partial charge in [-0.05, 0) is 43.2 Å². The van der Waals surface area contributed by atoms with Crippen molar-refractivity contribution >= 4 is 45.3 Å². The first kappa shape index (κ1) is 26.8. The van der Waals surface area contributed by atoms with Gasteiger partial charge < -0.3 is 11.1 Å². The summed E-state index contributed by atoms with van der Waals surface area (Å²) in [5.74, 6) is -0.307. The number of nitrogens with one attached hydrogen (secondary N) is 1. The number of carbonyl (C=O) groups is 3. The predicted molar refractivity (Wildman–Crippen MR) is 157 cm³/mol. The van der Waals surface area contributed by atoms with Gasteiger partial charge in [0.15, 0.2) is 0 Å². The van der Waals surface area contributed by atoms with Crippen molar-refractivity contribution in [1.29, 1.82) is 0 Å². The van der Waals surface area contributed by atoms with Gasteiger partial charge in [0.05, 0.1) is 34.9 Å². The molecule has 212 valence electrons. The van der Waals surface area contributed by atoms with Gasteiger partial charge in [-0.25, -0.2) is 9.99 Å². The summed E-state index contributed by atoms with van der Waals surface area (Å²) in [7, 11) is 3.37. The molecule has 1 aromatic carbocycles. The first-order chi connectivity index (χ1) is 20.3. The van der Waals surface area contributed by atoms with Crippen molar-refractivity contribution < 1.29 is 14.4 Å². The SMILES string of the molecule is CNC(=O)c1ccc(-c2ccc(CN(C(=O)c3ccc4nc(N)c5cnn(C)c5c4c3)N3CCCCC3=O)nc2)cn1. The van der Waals surface area contributed by atoms with Crippen molar-refractivity contribution in [3.05, 3.63) is 78.0 Å². The molecule has 1 aliphatic rings. The summed E-state index contributed by atoms with van der Waals surface area (Å²) < 4.78 is 1.71. The van der Waals surface area contributed by atoms with E-state index in [2.05, 4.69) is 25.4 Å². The molecule has 1 saturated heterocycles. The third-order valence-electron chi connectivity index (χ3n) is 7.47. The lowest BCUT2D eigenvalue weighted by molar-refractivity contribution is -0.148. The Hall–Kier alpha value is -5.39. The molecule has 12 heteroatoms. The quantitative estimate of drug-likeness (QED) is 0.320. The van der Waals surface area contributed by atoms with E-state index in [-0.39, 0.29) is 24.3 Å². The number of anilines is 1. The second kappa shape index (κ2) is 10.9. The fourth-order valence-electron chi connectivity index (χ4n) is 5.22. The molecule has 1 aliphatic heterocycles. The molecule has 12 nitrogen and oxygen atoms in total. The van der Waals surface area contributed by atoms with E-state index in [1.165, 1.54) is 10.0 Å². The lowest BCUT2D eigenvalue weighted by Crippen LogP contribution is -2.51. The lowest BCUT2D eigenvalue weighted by Gasteiger charge is -2.37. The molecular formula is C30H29N9O3. The second-order valence-corrected chi connectivity index (χ2v) is 10.1. The Balaban J connectivity index is 1.32. The summed E-state index contributed by atoms with van der Waals surface area (Å²) in [5, 5.41) is 11.3. The molecule has 0 aliphatic carbocycles. The van der Waals surface area contributed by atoms with Crippen molar-refractivity contribution in [1.82, 2.24) is 40.1 Å². The van der Waals surface area contributed by atoms with Gasteiger partial charge >= 0.3 is 0 Å². The van der Waals surface area contributed by atoms with E-state index in [1.807, 2.05) is 19.2 Å². The number of benzene rings is 1. The Morgan fingerprint density at radius 1 is 1.00 bits per heavy atom. The Morgan fingerprint density at radius 2 is 1.79 bits per heavy atom. The number of amides is 3. The van der Waals surface area contributed by atoms with Crippen LogP contribution in [0.15, 0.2) is 61.1 Å². The van der Waals surface area contributed by atoms with E-state index in [0.717, 1.165) is 34.9 Å². The maximum absolute atomic E-state index is 14.1. The molecule has 42 heavy (non-hydrogen) atoms. The molecule has 4 aromatic heterocycles. The number of hydrazine groups is 1. The van der Waals surface area contributed by atoms with Crippen LogP contribution in [0.5, 0.6) is 0 Å². The Kier molecular flexibility index (Phi) is 6.95. The third kappa shape index (κ3) is 4.87. The highest BCUT2D eigenvalue weighted by Crippen LogP contribution is 2.29. The van der Waals surface area contributed by atoms with E-state index in [4.69, 9.17) is 5.73 Å². The number of aromatic nitrogens is 5. The average molecular weight is 564 g/mol. The molecule has 0 spiro atoms. The fraction of sp³-hybridized carbons (Fsp3) is 0.233. The van der Waals surface area contributed by atoms with Gasteiger partial charge in [0.2, 0.25) is 5.91 Å². The summed E-state index contributed by atoms with van der Waals surface area (Å²) in [4.78, 5) is 52.1. The summed E-state index contributed by atoms with van der Waals surface area (Å²) in [6.45, 7) is 0.557. The largest absolute Gasteiger partial charge is 0.383 e. The van der Waals surface area contributed by atoms with Crippen LogP contribution in [0, 0.1) is 0 Å². The van der Waals surface area contributed by atoms with Gasteiger partial charge in [-0.2, -0.15) is 5.10 Å². The lowest BCUT2D eigenvalue weighted by atomic mass is 10.1. The molecule has 5 aromatic rings. The summed E-state index contributed by atoms with van der Waals surface area (Å²) >= 11 is 0. The van der Waals surface area contributed by atoms with Gasteiger partial charge in [-0.15, -0.1) is 0 Å². The van der Waals surface area contributed by atoms with Crippen molar-refractivity contribution in [2.24, 2.45) is 7.05 Å². The summed E-state index contributed by atoms with van der Waals surface area (Å²) in [6.07, 6.45) is 6.94. The standard InChI is InChI=1S/C30H29N9O3/c1-32-29(41)25-11-8-20(15-34-25)19-6-9-21(33-14-19)17-39(38-12-4-3-5-26(38)40)30(42)18-7-10-24-22(13-18)27-23(28(31)36-24)16-35-37(27)2/h6-11,13-16H,3-5,12,17H2,1-2H3,(H2,31,36)(H,32,41). The zero-order valence-corrected chi connectivity index (χ0v) is 23.2. The van der Waals surface area contributed by atoms with Gasteiger partial charge in [0, 0.05) is 61.5 Å². The predicted octanol–water partition coefficient (Wildman–Crippen LogP) is 3.09. The normalized spacial score (nSPS) is 13.5. The minimum atomic E-state index is -0.320. The van der Waals surface area contributed by atoms with E-state index in [1.54, 1.807) is 60.7 Å². The van der Waals surface area contributed by atoms with Crippen LogP contribution in [0.4, 0.5) is 5.82 Å². The summed E-state index contributed by atoms with van der Waals surface area (Å²) in [6, 6.07) is 12.4. The van der Waals surface area contributed by atoms with Crippen LogP contribution in [0.2, 0.25) is 0 Å². The van der Waals surface area contributed by atoms with E-state index in [9.17, 15) is 14.4 Å². The van der Waals surface area contributed by atoms with Crippen molar-refractivity contribution in [3.8, 4) is 11.1 Å². The molecule has 0 bridgehead atoms. The molecular weight excluding hydrogens is 534 g/mol. The zero-order valence-electron chi connectivity index (χ0n) is 23.2. The highest BCUT2D eigenvalue weighted by Gasteiger charge is 2.30. The van der Waals surface area contributed by atoms with Gasteiger partial charge in [-0.1, -0.05) is 12.1 Å². The second-order valence-electron chi connectivity index (χ2n) is 10.1. The van der Waals surface area contributed by atoms with Gasteiger partial charge in [0.1, 0.15) is 11.5 Å². The number of hydrogen-bond donors (Lipinski definition) is 2. The number of carbonyl (C=O) groups excluding carboxylic acids is 3. The molecule has 0 radical (unpaired) electrons. The highest BCUT2D eigenvalue weighted by molar-refractivity contribution is 6.10. The van der Waals surface area contributed by atoms with Crippen LogP contribution in [-0.4, -0.2) is 66.1 Å². The summed E-state index contributed by atoms with van der Waals surface area (Å²) in [5.41, 5.74) is 10.5. The first-order valence-corrected chi connectivity index (χ1v) is 13.6. The third-order valence-corrected chi connectivity index (χ3v) is 7.47. The van der Waals surface area contributed by atoms with Gasteiger partial charge in [-0.3, -0.25) is 34.0 Å². The van der Waals surface area contributed by atoms with Crippen LogP contribution < -0.4 is 11.1 Å². The molecule has 6 rings (SSSR count). The minimum absolute atomic E-state index is 0.0993. The minimum Gasteiger partial charge on any atom is -0.383 e. The number of nitrogen functional groups attached to an aromatic ring is 1. The molecule has 0 unspecified atom stereocenters. The monoisotopic (exact) mass is 563 g/mol. The number of aryl methyl sites for hydroxylation is 1. The van der Waals surface area contributed by atoms with E-state index < -0.39 is 0 Å². The average Bonchev–Trinajstić information content (AvgIpc) is 3.42. The van der Waals surface area contributed by atoms with Crippen molar-refractivity contribution in [3.63, 3.8) is 0 Å². The Labute approximate surface area is 241 Å². The van der Waals surface area contributed by atoms with Crippen molar-refractivity contribution in [2.75, 3.05) is 19.3 Å². The molecule has 3 N–H and O–H groups in total. The van der Waals surface area contributed by atoms with Crippen LogP contribution in [0.3, 0.4) is 0 Å². The number of rotatable bonds is 6. The van der Waals surface area contributed by atoms with Crippen LogP contribution in [-0.2, 0) is 18.4 Å². The molecule has 0 atom stereocenters. The number of hydrogen-bond acceptors (Lipinski definition) is 8. The number of piperidine rings is 1. The van der Waals surface area contributed by atoms with E-state index in [0.29, 0.717) is 46.6 Å². The molecule has 3 amide bonds. The zero-order chi connectivity index (χ0) is 29.4. The maximum Gasteiger partial charge on any atom is 0.272 e. The first-order valence-electron chi connectivity index (χ1n) is 13.6. The fourth-order valence-corrected chi connectivity index (χ4v) is 5.22. The van der Waals surface area contributed by atoms with Crippen LogP contribution in [0.1, 0.15) is 45.8 Å².